The van der Waals surface area contributed by atoms with Gasteiger partial charge in [0.1, 0.15) is 9.84 Å². The Kier molecular flexibility index (Phi) is 2.33. The van der Waals surface area contributed by atoms with Crippen molar-refractivity contribution in [2.24, 2.45) is 17.3 Å². The first kappa shape index (κ1) is 10.9. The predicted molar refractivity (Wildman–Crippen MR) is 55.2 cm³/mol. The molecule has 15 heavy (non-hydrogen) atoms. The Morgan fingerprint density at radius 1 is 1.33 bits per heavy atom. The molecule has 0 radical (unpaired) electrons. The van der Waals surface area contributed by atoms with Crippen LogP contribution in [0.2, 0.25) is 0 Å². The molecule has 4 nitrogen and oxygen atoms in total. The highest BCUT2D eigenvalue weighted by molar-refractivity contribution is 7.91. The summed E-state index contributed by atoms with van der Waals surface area (Å²) >= 11 is 0. The normalized spacial score (nSPS) is 39.9. The van der Waals surface area contributed by atoms with Crippen molar-refractivity contribution in [3.05, 3.63) is 0 Å². The van der Waals surface area contributed by atoms with E-state index in [0.29, 0.717) is 19.3 Å². The summed E-state index contributed by atoms with van der Waals surface area (Å²) in [6.45, 7) is 1.98. The number of hydrogen-bond donors (Lipinski definition) is 1. The summed E-state index contributed by atoms with van der Waals surface area (Å²) in [7, 11) is -2.83. The molecule has 2 aliphatic rings. The van der Waals surface area contributed by atoms with Gasteiger partial charge in [-0.25, -0.2) is 8.42 Å². The summed E-state index contributed by atoms with van der Waals surface area (Å²) in [5.74, 6) is -0.226. The van der Waals surface area contributed by atoms with Gasteiger partial charge in [0, 0.05) is 0 Å². The minimum atomic E-state index is -2.83. The predicted octanol–water partition coefficient (Wildman–Crippen LogP) is 0.922. The molecule has 2 fully saturated rings. The number of carboxylic acids is 1. The number of sulfone groups is 1. The summed E-state index contributed by atoms with van der Waals surface area (Å²) in [6, 6.07) is 0. The van der Waals surface area contributed by atoms with Crippen LogP contribution in [0.1, 0.15) is 26.2 Å². The molecule has 0 aromatic carbocycles. The van der Waals surface area contributed by atoms with Gasteiger partial charge < -0.3 is 5.11 Å². The van der Waals surface area contributed by atoms with Crippen LogP contribution in [-0.2, 0) is 14.6 Å². The molecule has 5 heteroatoms. The van der Waals surface area contributed by atoms with Crippen molar-refractivity contribution < 1.29 is 18.3 Å². The maximum Gasteiger partial charge on any atom is 0.307 e. The first-order valence-electron chi connectivity index (χ1n) is 5.28. The zero-order chi connectivity index (χ0) is 11.3. The molecule has 86 valence electrons. The van der Waals surface area contributed by atoms with Gasteiger partial charge in [-0.05, 0) is 30.6 Å². The molecule has 2 unspecified atom stereocenters. The second kappa shape index (κ2) is 3.20. The number of aliphatic carboxylic acids is 1. The summed E-state index contributed by atoms with van der Waals surface area (Å²) in [5, 5.41) is 8.90. The monoisotopic (exact) mass is 232 g/mol. The van der Waals surface area contributed by atoms with Gasteiger partial charge in [-0.1, -0.05) is 6.92 Å². The Balaban J connectivity index is 2.01. The van der Waals surface area contributed by atoms with Gasteiger partial charge in [-0.2, -0.15) is 0 Å². The van der Waals surface area contributed by atoms with Crippen LogP contribution in [0.4, 0.5) is 0 Å². The Bertz CT molecular complexity index is 372. The molecule has 0 aromatic heterocycles. The van der Waals surface area contributed by atoms with E-state index in [1.165, 1.54) is 0 Å². The van der Waals surface area contributed by atoms with E-state index < -0.39 is 15.8 Å². The maximum absolute atomic E-state index is 11.2. The Morgan fingerprint density at radius 2 is 1.87 bits per heavy atom. The van der Waals surface area contributed by atoms with E-state index in [9.17, 15) is 13.2 Å². The molecule has 1 aliphatic carbocycles. The van der Waals surface area contributed by atoms with Crippen molar-refractivity contribution in [3.63, 3.8) is 0 Å². The highest BCUT2D eigenvalue weighted by atomic mass is 32.2. The minimum Gasteiger partial charge on any atom is -0.481 e. The fourth-order valence-electron chi connectivity index (χ4n) is 2.75. The molecule has 2 atom stereocenters. The van der Waals surface area contributed by atoms with Crippen molar-refractivity contribution in [3.8, 4) is 0 Å². The topological polar surface area (TPSA) is 71.4 Å². The standard InChI is InChI=1S/C10H16O4S/c1-10(6-8(10)9(11)12)7-2-4-15(13,14)5-3-7/h7-8H,2-6H2,1H3,(H,11,12). The fraction of sp³-hybridized carbons (Fsp3) is 0.900. The van der Waals surface area contributed by atoms with Crippen LogP contribution in [0, 0.1) is 17.3 Å². The van der Waals surface area contributed by atoms with Crippen LogP contribution in [0.15, 0.2) is 0 Å². The largest absolute Gasteiger partial charge is 0.481 e. The van der Waals surface area contributed by atoms with Crippen molar-refractivity contribution in [1.29, 1.82) is 0 Å². The van der Waals surface area contributed by atoms with Crippen LogP contribution in [0.25, 0.3) is 0 Å². The van der Waals surface area contributed by atoms with Crippen molar-refractivity contribution in [1.82, 2.24) is 0 Å². The van der Waals surface area contributed by atoms with E-state index in [2.05, 4.69) is 0 Å². The summed E-state index contributed by atoms with van der Waals surface area (Å²) in [6.07, 6.45) is 2.00. The number of carbonyl (C=O) groups is 1. The van der Waals surface area contributed by atoms with Gasteiger partial charge in [0.2, 0.25) is 0 Å². The third kappa shape index (κ3) is 1.89. The lowest BCUT2D eigenvalue weighted by molar-refractivity contribution is -0.139. The number of carboxylic acid groups (broad SMARTS) is 1. The number of hydrogen-bond acceptors (Lipinski definition) is 3. The van der Waals surface area contributed by atoms with Crippen LogP contribution in [0.5, 0.6) is 0 Å². The Labute approximate surface area is 89.6 Å². The molecule has 1 heterocycles. The molecule has 1 saturated carbocycles. The molecule has 0 spiro atoms. The van der Waals surface area contributed by atoms with Gasteiger partial charge in [0.25, 0.3) is 0 Å². The number of rotatable bonds is 2. The van der Waals surface area contributed by atoms with Crippen LogP contribution < -0.4 is 0 Å². The smallest absolute Gasteiger partial charge is 0.307 e. The third-order valence-electron chi connectivity index (χ3n) is 4.07. The average Bonchev–Trinajstić information content (AvgIpc) is 2.79. The highest BCUT2D eigenvalue weighted by Crippen LogP contribution is 2.60. The van der Waals surface area contributed by atoms with Gasteiger partial charge in [0.05, 0.1) is 17.4 Å². The first-order valence-corrected chi connectivity index (χ1v) is 7.10. The van der Waals surface area contributed by atoms with Crippen molar-refractivity contribution in [2.45, 2.75) is 26.2 Å². The quantitative estimate of drug-likeness (QED) is 0.768. The molecule has 0 aromatic rings. The summed E-state index contributed by atoms with van der Waals surface area (Å²) < 4.78 is 22.5. The average molecular weight is 232 g/mol. The molecule has 0 amide bonds. The van der Waals surface area contributed by atoms with Gasteiger partial charge in [0.15, 0.2) is 0 Å². The molecular formula is C10H16O4S. The van der Waals surface area contributed by atoms with Crippen molar-refractivity contribution in [2.75, 3.05) is 11.5 Å². The van der Waals surface area contributed by atoms with E-state index >= 15 is 0 Å². The molecule has 2 rings (SSSR count). The third-order valence-corrected chi connectivity index (χ3v) is 5.78. The molecule has 1 N–H and O–H groups in total. The summed E-state index contributed by atoms with van der Waals surface area (Å²) in [4.78, 5) is 10.8. The highest BCUT2D eigenvalue weighted by Gasteiger charge is 2.59. The SMILES string of the molecule is CC1(C2CCS(=O)(=O)CC2)CC1C(=O)O. The van der Waals surface area contributed by atoms with E-state index in [-0.39, 0.29) is 28.8 Å². The molecular weight excluding hydrogens is 216 g/mol. The minimum absolute atomic E-state index is 0.137. The zero-order valence-corrected chi connectivity index (χ0v) is 9.59. The zero-order valence-electron chi connectivity index (χ0n) is 8.77. The lowest BCUT2D eigenvalue weighted by Gasteiger charge is -2.28. The van der Waals surface area contributed by atoms with Crippen LogP contribution >= 0.6 is 0 Å². The van der Waals surface area contributed by atoms with E-state index in [0.717, 1.165) is 0 Å². The second-order valence-electron chi connectivity index (χ2n) is 5.03. The Hall–Kier alpha value is -0.580. The molecule has 1 saturated heterocycles. The first-order chi connectivity index (χ1) is 6.85. The molecule has 0 bridgehead atoms. The summed E-state index contributed by atoms with van der Waals surface area (Å²) in [5.41, 5.74) is -0.137. The van der Waals surface area contributed by atoms with Crippen LogP contribution in [-0.4, -0.2) is 31.0 Å². The second-order valence-corrected chi connectivity index (χ2v) is 7.33. The fourth-order valence-corrected chi connectivity index (χ4v) is 4.24. The van der Waals surface area contributed by atoms with E-state index in [1.54, 1.807) is 0 Å². The van der Waals surface area contributed by atoms with Gasteiger partial charge >= 0.3 is 5.97 Å². The molecule has 1 aliphatic heterocycles. The van der Waals surface area contributed by atoms with Crippen LogP contribution in [0.3, 0.4) is 0 Å². The van der Waals surface area contributed by atoms with Gasteiger partial charge in [-0.3, -0.25) is 4.79 Å². The van der Waals surface area contributed by atoms with Crippen molar-refractivity contribution >= 4 is 15.8 Å². The van der Waals surface area contributed by atoms with E-state index in [4.69, 9.17) is 5.11 Å². The Morgan fingerprint density at radius 3 is 2.27 bits per heavy atom. The van der Waals surface area contributed by atoms with Gasteiger partial charge in [-0.15, -0.1) is 0 Å². The van der Waals surface area contributed by atoms with E-state index in [1.807, 2.05) is 6.92 Å². The lowest BCUT2D eigenvalue weighted by atomic mass is 9.84. The lowest BCUT2D eigenvalue weighted by Crippen LogP contribution is -2.29. The maximum atomic E-state index is 11.2.